The van der Waals surface area contributed by atoms with Crippen LogP contribution in [-0.2, 0) is 11.2 Å². The van der Waals surface area contributed by atoms with Crippen LogP contribution in [0.15, 0.2) is 5.38 Å². The van der Waals surface area contributed by atoms with Crippen LogP contribution in [0.1, 0.15) is 39.8 Å². The van der Waals surface area contributed by atoms with Crippen molar-refractivity contribution in [2.24, 2.45) is 5.41 Å². The summed E-state index contributed by atoms with van der Waals surface area (Å²) < 4.78 is 0. The van der Waals surface area contributed by atoms with Gasteiger partial charge in [0.1, 0.15) is 0 Å². The third-order valence-electron chi connectivity index (χ3n) is 3.27. The van der Waals surface area contributed by atoms with Gasteiger partial charge >= 0.3 is 5.97 Å². The molecule has 1 aromatic rings. The first-order chi connectivity index (χ1) is 8.21. The number of nitrogens with zero attached hydrogens (tertiary/aromatic N) is 2. The van der Waals surface area contributed by atoms with Crippen molar-refractivity contribution in [3.8, 4) is 0 Å². The zero-order valence-electron chi connectivity index (χ0n) is 11.7. The molecule has 0 fully saturated rings. The van der Waals surface area contributed by atoms with Crippen LogP contribution in [0.2, 0.25) is 0 Å². The van der Waals surface area contributed by atoms with E-state index in [1.54, 1.807) is 11.3 Å². The normalized spacial score (nSPS) is 13.4. The van der Waals surface area contributed by atoms with Gasteiger partial charge in [-0.1, -0.05) is 20.8 Å². The molecule has 1 N–H and O–H groups in total. The van der Waals surface area contributed by atoms with Crippen LogP contribution in [0, 0.1) is 5.41 Å². The van der Waals surface area contributed by atoms with Gasteiger partial charge in [0.05, 0.1) is 12.1 Å². The van der Waals surface area contributed by atoms with Gasteiger partial charge in [-0.05, 0) is 12.3 Å². The lowest BCUT2D eigenvalue weighted by atomic mass is 9.87. The first-order valence-corrected chi connectivity index (χ1v) is 6.99. The van der Waals surface area contributed by atoms with Crippen molar-refractivity contribution in [2.75, 3.05) is 11.9 Å². The summed E-state index contributed by atoms with van der Waals surface area (Å²) in [4.78, 5) is 17.2. The summed E-state index contributed by atoms with van der Waals surface area (Å²) in [6.45, 7) is 8.78. The summed E-state index contributed by atoms with van der Waals surface area (Å²) in [5, 5.41) is 11.6. The van der Waals surface area contributed by atoms with Gasteiger partial charge in [-0.15, -0.1) is 11.3 Å². The SMILES string of the molecule is CC(N(C)c1nc(CCC(=O)O)cs1)C(C)(C)C. The van der Waals surface area contributed by atoms with Gasteiger partial charge < -0.3 is 10.0 Å². The highest BCUT2D eigenvalue weighted by Gasteiger charge is 2.25. The van der Waals surface area contributed by atoms with E-state index in [0.29, 0.717) is 12.5 Å². The first kappa shape index (κ1) is 15.0. The van der Waals surface area contributed by atoms with Crippen molar-refractivity contribution in [3.63, 3.8) is 0 Å². The Balaban J connectivity index is 2.70. The topological polar surface area (TPSA) is 53.4 Å². The summed E-state index contributed by atoms with van der Waals surface area (Å²) in [5.41, 5.74) is 1.05. The minimum atomic E-state index is -0.777. The van der Waals surface area contributed by atoms with Gasteiger partial charge in [-0.2, -0.15) is 0 Å². The van der Waals surface area contributed by atoms with E-state index < -0.39 is 5.97 Å². The molecule has 1 unspecified atom stereocenters. The molecule has 5 heteroatoms. The van der Waals surface area contributed by atoms with Crippen molar-refractivity contribution in [1.29, 1.82) is 0 Å². The molecule has 1 aromatic heterocycles. The molecule has 0 amide bonds. The highest BCUT2D eigenvalue weighted by atomic mass is 32.1. The molecule has 0 aliphatic carbocycles. The van der Waals surface area contributed by atoms with Crippen molar-refractivity contribution >= 4 is 22.4 Å². The molecule has 0 radical (unpaired) electrons. The van der Waals surface area contributed by atoms with Crippen LogP contribution >= 0.6 is 11.3 Å². The monoisotopic (exact) mass is 270 g/mol. The van der Waals surface area contributed by atoms with E-state index >= 15 is 0 Å². The van der Waals surface area contributed by atoms with Crippen LogP contribution < -0.4 is 4.90 Å². The molecular formula is C13H22N2O2S. The van der Waals surface area contributed by atoms with Crippen molar-refractivity contribution in [1.82, 2.24) is 4.98 Å². The second kappa shape index (κ2) is 5.69. The Hall–Kier alpha value is -1.10. The number of aliphatic carboxylic acids is 1. The largest absolute Gasteiger partial charge is 0.481 e. The number of carboxylic acid groups (broad SMARTS) is 1. The molecule has 0 aromatic carbocycles. The fourth-order valence-corrected chi connectivity index (χ4v) is 2.46. The average Bonchev–Trinajstić information content (AvgIpc) is 2.71. The molecule has 0 bridgehead atoms. The number of thiazole rings is 1. The average molecular weight is 270 g/mol. The maximum atomic E-state index is 10.5. The number of anilines is 1. The quantitative estimate of drug-likeness (QED) is 0.893. The fraction of sp³-hybridized carbons (Fsp3) is 0.692. The van der Waals surface area contributed by atoms with Gasteiger partial charge in [0.25, 0.3) is 0 Å². The molecule has 0 spiro atoms. The van der Waals surface area contributed by atoms with Crippen LogP contribution in [0.25, 0.3) is 0 Å². The molecule has 4 nitrogen and oxygen atoms in total. The predicted octanol–water partition coefficient (Wildman–Crippen LogP) is 3.03. The van der Waals surface area contributed by atoms with Crippen molar-refractivity contribution in [3.05, 3.63) is 11.1 Å². The van der Waals surface area contributed by atoms with E-state index in [-0.39, 0.29) is 11.8 Å². The van der Waals surface area contributed by atoms with Gasteiger partial charge in [0.2, 0.25) is 0 Å². The first-order valence-electron chi connectivity index (χ1n) is 6.11. The molecule has 1 rings (SSSR count). The highest BCUT2D eigenvalue weighted by molar-refractivity contribution is 7.13. The minimum Gasteiger partial charge on any atom is -0.481 e. The number of carbonyl (C=O) groups is 1. The lowest BCUT2D eigenvalue weighted by Gasteiger charge is -2.35. The summed E-state index contributed by atoms with van der Waals surface area (Å²) in [6, 6.07) is 0.371. The van der Waals surface area contributed by atoms with E-state index in [1.165, 1.54) is 0 Å². The Labute approximate surface area is 113 Å². The Morgan fingerprint density at radius 2 is 2.17 bits per heavy atom. The molecule has 1 atom stereocenters. The minimum absolute atomic E-state index is 0.141. The third kappa shape index (κ3) is 3.98. The summed E-state index contributed by atoms with van der Waals surface area (Å²) in [5.74, 6) is -0.777. The van der Waals surface area contributed by atoms with Crippen LogP contribution in [0.5, 0.6) is 0 Å². The van der Waals surface area contributed by atoms with Crippen molar-refractivity contribution < 1.29 is 9.90 Å². The van der Waals surface area contributed by atoms with Crippen molar-refractivity contribution in [2.45, 2.75) is 46.6 Å². The number of aryl methyl sites for hydroxylation is 1. The van der Waals surface area contributed by atoms with E-state index in [4.69, 9.17) is 5.11 Å². The predicted molar refractivity (Wildman–Crippen MR) is 75.4 cm³/mol. The maximum absolute atomic E-state index is 10.5. The third-order valence-corrected chi connectivity index (χ3v) is 4.25. The maximum Gasteiger partial charge on any atom is 0.303 e. The van der Waals surface area contributed by atoms with E-state index in [2.05, 4.69) is 37.6 Å². The number of hydrogen-bond acceptors (Lipinski definition) is 4. The molecule has 0 aliphatic rings. The Morgan fingerprint density at radius 1 is 1.56 bits per heavy atom. The Kier molecular flexibility index (Phi) is 4.73. The summed E-state index contributed by atoms with van der Waals surface area (Å²) >= 11 is 1.58. The van der Waals surface area contributed by atoms with Gasteiger partial charge in [-0.25, -0.2) is 4.98 Å². The second-order valence-corrected chi connectivity index (χ2v) is 6.50. The number of hydrogen-bond donors (Lipinski definition) is 1. The second-order valence-electron chi connectivity index (χ2n) is 5.67. The number of rotatable bonds is 5. The van der Waals surface area contributed by atoms with E-state index in [1.807, 2.05) is 12.4 Å². The van der Waals surface area contributed by atoms with Crippen LogP contribution in [0.4, 0.5) is 5.13 Å². The van der Waals surface area contributed by atoms with E-state index in [9.17, 15) is 4.79 Å². The molecular weight excluding hydrogens is 248 g/mol. The zero-order chi connectivity index (χ0) is 13.9. The molecule has 18 heavy (non-hydrogen) atoms. The fourth-order valence-electron chi connectivity index (χ4n) is 1.55. The van der Waals surface area contributed by atoms with Crippen LogP contribution in [0.3, 0.4) is 0 Å². The lowest BCUT2D eigenvalue weighted by molar-refractivity contribution is -0.136. The Bertz CT molecular complexity index is 409. The highest BCUT2D eigenvalue weighted by Crippen LogP contribution is 2.29. The smallest absolute Gasteiger partial charge is 0.303 e. The van der Waals surface area contributed by atoms with Gasteiger partial charge in [0, 0.05) is 24.9 Å². The molecule has 1 heterocycles. The standard InChI is InChI=1S/C13H22N2O2S/c1-9(13(2,3)4)15(5)12-14-10(8-18-12)6-7-11(16)17/h8-9H,6-7H2,1-5H3,(H,16,17). The Morgan fingerprint density at radius 3 is 2.67 bits per heavy atom. The lowest BCUT2D eigenvalue weighted by Crippen LogP contribution is -2.39. The van der Waals surface area contributed by atoms with Crippen LogP contribution in [-0.4, -0.2) is 29.1 Å². The molecule has 0 saturated carbocycles. The zero-order valence-corrected chi connectivity index (χ0v) is 12.5. The molecule has 0 saturated heterocycles. The van der Waals surface area contributed by atoms with E-state index in [0.717, 1.165) is 10.8 Å². The molecule has 0 aliphatic heterocycles. The number of aromatic nitrogens is 1. The van der Waals surface area contributed by atoms with Gasteiger partial charge in [0.15, 0.2) is 5.13 Å². The van der Waals surface area contributed by atoms with Gasteiger partial charge in [-0.3, -0.25) is 4.79 Å². The summed E-state index contributed by atoms with van der Waals surface area (Å²) in [7, 11) is 2.04. The number of carboxylic acids is 1. The molecule has 102 valence electrons. The summed E-state index contributed by atoms with van der Waals surface area (Å²) in [6.07, 6.45) is 0.644.